The molecule has 29 heavy (non-hydrogen) atoms. The average molecular weight is 406 g/mol. The van der Waals surface area contributed by atoms with Gasteiger partial charge in [-0.3, -0.25) is 4.68 Å². The minimum atomic E-state index is -4.65. The standard InChI is InChI=1S/C21H12F6N2/c22-13-9-17(23)15(18(24)10-13)11-29-20(12-5-2-1-3-6-12)14-7-4-8-16(19(14)28-29)21(25,26)27/h1-10H,11H2. The zero-order chi connectivity index (χ0) is 20.8. The highest BCUT2D eigenvalue weighted by Crippen LogP contribution is 2.38. The first kappa shape index (κ1) is 19.0. The molecule has 4 aromatic rings. The molecule has 0 amide bonds. The Morgan fingerprint density at radius 1 is 0.828 bits per heavy atom. The van der Waals surface area contributed by atoms with Gasteiger partial charge in [-0.25, -0.2) is 13.2 Å². The van der Waals surface area contributed by atoms with Gasteiger partial charge >= 0.3 is 6.18 Å². The molecule has 8 heteroatoms. The van der Waals surface area contributed by atoms with Crippen molar-refractivity contribution < 1.29 is 26.3 Å². The molecule has 2 nitrogen and oxygen atoms in total. The molecule has 148 valence electrons. The largest absolute Gasteiger partial charge is 0.418 e. The lowest BCUT2D eigenvalue weighted by Gasteiger charge is -2.10. The minimum Gasteiger partial charge on any atom is -0.259 e. The molecule has 0 radical (unpaired) electrons. The van der Waals surface area contributed by atoms with Crippen molar-refractivity contribution in [1.29, 1.82) is 0 Å². The highest BCUT2D eigenvalue weighted by molar-refractivity contribution is 5.95. The van der Waals surface area contributed by atoms with Crippen LogP contribution < -0.4 is 0 Å². The van der Waals surface area contributed by atoms with Crippen molar-refractivity contribution >= 4 is 10.9 Å². The highest BCUT2D eigenvalue weighted by atomic mass is 19.4. The Morgan fingerprint density at radius 3 is 2.10 bits per heavy atom. The molecule has 4 rings (SSSR count). The van der Waals surface area contributed by atoms with E-state index in [1.807, 2.05) is 0 Å². The summed E-state index contributed by atoms with van der Waals surface area (Å²) in [5.41, 5.74) is -0.982. The predicted octanol–water partition coefficient (Wildman–Crippen LogP) is 6.19. The molecule has 0 bridgehead atoms. The quantitative estimate of drug-likeness (QED) is 0.371. The predicted molar refractivity (Wildman–Crippen MR) is 95.6 cm³/mol. The number of hydrogen-bond acceptors (Lipinski definition) is 1. The van der Waals surface area contributed by atoms with Crippen LogP contribution in [0.5, 0.6) is 0 Å². The first-order chi connectivity index (χ1) is 13.8. The molecular formula is C21H12F6N2. The van der Waals surface area contributed by atoms with Crippen molar-refractivity contribution in [3.05, 3.63) is 89.2 Å². The summed E-state index contributed by atoms with van der Waals surface area (Å²) in [6, 6.07) is 13.1. The van der Waals surface area contributed by atoms with Crippen LogP contribution in [0.25, 0.3) is 22.2 Å². The fourth-order valence-electron chi connectivity index (χ4n) is 3.27. The monoisotopic (exact) mass is 406 g/mol. The maximum absolute atomic E-state index is 14.2. The lowest BCUT2D eigenvalue weighted by atomic mass is 10.0. The van der Waals surface area contributed by atoms with E-state index in [1.54, 1.807) is 30.3 Å². The van der Waals surface area contributed by atoms with Gasteiger partial charge in [0.2, 0.25) is 0 Å². The number of nitrogens with zero attached hydrogens (tertiary/aromatic N) is 2. The summed E-state index contributed by atoms with van der Waals surface area (Å²) in [7, 11) is 0. The second-order valence-electron chi connectivity index (χ2n) is 6.42. The van der Waals surface area contributed by atoms with Crippen LogP contribution in [0.3, 0.4) is 0 Å². The Kier molecular flexibility index (Phi) is 4.56. The Hall–Kier alpha value is -3.29. The van der Waals surface area contributed by atoms with E-state index < -0.39 is 41.3 Å². The Labute approximate surface area is 161 Å². The highest BCUT2D eigenvalue weighted by Gasteiger charge is 2.34. The van der Waals surface area contributed by atoms with Crippen LogP contribution in [0.1, 0.15) is 11.1 Å². The topological polar surface area (TPSA) is 17.8 Å². The summed E-state index contributed by atoms with van der Waals surface area (Å²) in [5.74, 6) is -3.37. The third-order valence-corrected chi connectivity index (χ3v) is 4.54. The fraction of sp³-hybridized carbons (Fsp3) is 0.0952. The van der Waals surface area contributed by atoms with Gasteiger partial charge in [0.05, 0.1) is 17.8 Å². The van der Waals surface area contributed by atoms with Crippen LogP contribution >= 0.6 is 0 Å². The van der Waals surface area contributed by atoms with Gasteiger partial charge in [0.25, 0.3) is 0 Å². The molecular weight excluding hydrogens is 394 g/mol. The zero-order valence-corrected chi connectivity index (χ0v) is 14.6. The molecule has 0 N–H and O–H groups in total. The molecule has 0 saturated heterocycles. The smallest absolute Gasteiger partial charge is 0.259 e. The summed E-state index contributed by atoms with van der Waals surface area (Å²) in [5, 5.41) is 4.21. The molecule has 0 aliphatic heterocycles. The van der Waals surface area contributed by atoms with E-state index in [0.29, 0.717) is 17.7 Å². The average Bonchev–Trinajstić information content (AvgIpc) is 3.02. The maximum atomic E-state index is 14.2. The molecule has 0 unspecified atom stereocenters. The van der Waals surface area contributed by atoms with E-state index in [1.165, 1.54) is 12.1 Å². The molecule has 0 saturated carbocycles. The number of aromatic nitrogens is 2. The van der Waals surface area contributed by atoms with E-state index in [-0.39, 0.29) is 16.6 Å². The van der Waals surface area contributed by atoms with Crippen LogP contribution in [-0.4, -0.2) is 9.78 Å². The van der Waals surface area contributed by atoms with Gasteiger partial charge in [0.15, 0.2) is 0 Å². The number of alkyl halides is 3. The van der Waals surface area contributed by atoms with Crippen LogP contribution in [0.2, 0.25) is 0 Å². The van der Waals surface area contributed by atoms with Gasteiger partial charge in [-0.2, -0.15) is 18.3 Å². The Bertz CT molecular complexity index is 1170. The van der Waals surface area contributed by atoms with Crippen molar-refractivity contribution in [3.63, 3.8) is 0 Å². The van der Waals surface area contributed by atoms with Gasteiger partial charge in [0, 0.05) is 28.6 Å². The van der Waals surface area contributed by atoms with Crippen LogP contribution in [0.15, 0.2) is 60.7 Å². The lowest BCUT2D eigenvalue weighted by molar-refractivity contribution is -0.136. The first-order valence-electron chi connectivity index (χ1n) is 8.51. The van der Waals surface area contributed by atoms with Gasteiger partial charge < -0.3 is 0 Å². The van der Waals surface area contributed by atoms with Crippen LogP contribution in [-0.2, 0) is 12.7 Å². The fourth-order valence-corrected chi connectivity index (χ4v) is 3.27. The summed E-state index contributed by atoms with van der Waals surface area (Å²) < 4.78 is 83.0. The van der Waals surface area contributed by atoms with E-state index in [2.05, 4.69) is 5.10 Å². The van der Waals surface area contributed by atoms with Crippen molar-refractivity contribution in [2.45, 2.75) is 12.7 Å². The number of benzene rings is 3. The van der Waals surface area contributed by atoms with E-state index in [0.717, 1.165) is 10.7 Å². The SMILES string of the molecule is Fc1cc(F)c(Cn2nc3c(C(F)(F)F)cccc3c2-c2ccccc2)c(F)c1. The zero-order valence-electron chi connectivity index (χ0n) is 14.6. The number of halogens is 6. The summed E-state index contributed by atoms with van der Waals surface area (Å²) in [6.07, 6.45) is -4.65. The lowest BCUT2D eigenvalue weighted by Crippen LogP contribution is -2.09. The molecule has 3 aromatic carbocycles. The van der Waals surface area contributed by atoms with E-state index in [9.17, 15) is 26.3 Å². The van der Waals surface area contributed by atoms with Gasteiger partial charge in [-0.05, 0) is 6.07 Å². The van der Waals surface area contributed by atoms with Crippen molar-refractivity contribution in [3.8, 4) is 11.3 Å². The third kappa shape index (κ3) is 3.46. The van der Waals surface area contributed by atoms with Gasteiger partial charge in [0.1, 0.15) is 23.0 Å². The van der Waals surface area contributed by atoms with Gasteiger partial charge in [-0.1, -0.05) is 42.5 Å². The second kappa shape index (κ2) is 6.95. The van der Waals surface area contributed by atoms with Crippen molar-refractivity contribution in [2.75, 3.05) is 0 Å². The third-order valence-electron chi connectivity index (χ3n) is 4.54. The normalized spacial score (nSPS) is 11.9. The summed E-state index contributed by atoms with van der Waals surface area (Å²) in [4.78, 5) is 0. The Balaban J connectivity index is 1.99. The molecule has 1 heterocycles. The number of hydrogen-bond donors (Lipinski definition) is 0. The van der Waals surface area contributed by atoms with E-state index >= 15 is 0 Å². The molecule has 0 aliphatic carbocycles. The van der Waals surface area contributed by atoms with Crippen LogP contribution in [0, 0.1) is 17.5 Å². The van der Waals surface area contributed by atoms with Crippen molar-refractivity contribution in [1.82, 2.24) is 9.78 Å². The molecule has 1 aromatic heterocycles. The van der Waals surface area contributed by atoms with Gasteiger partial charge in [-0.15, -0.1) is 0 Å². The molecule has 0 aliphatic rings. The Morgan fingerprint density at radius 2 is 1.48 bits per heavy atom. The molecule has 0 spiro atoms. The first-order valence-corrected chi connectivity index (χ1v) is 8.51. The van der Waals surface area contributed by atoms with Crippen molar-refractivity contribution in [2.24, 2.45) is 0 Å². The second-order valence-corrected chi connectivity index (χ2v) is 6.42. The summed E-state index contributed by atoms with van der Waals surface area (Å²) in [6.45, 7) is -0.506. The minimum absolute atomic E-state index is 0.189. The van der Waals surface area contributed by atoms with Crippen LogP contribution in [0.4, 0.5) is 26.3 Å². The molecule has 0 atom stereocenters. The maximum Gasteiger partial charge on any atom is 0.418 e. The van der Waals surface area contributed by atoms with E-state index in [4.69, 9.17) is 0 Å². The number of fused-ring (bicyclic) bond motifs is 1. The molecule has 0 fully saturated rings. The number of rotatable bonds is 3. The summed E-state index contributed by atoms with van der Waals surface area (Å²) >= 11 is 0.